The maximum Gasteiger partial charge on any atom is 0.322 e. The van der Waals surface area contributed by atoms with Gasteiger partial charge in [0.15, 0.2) is 5.76 Å². The summed E-state index contributed by atoms with van der Waals surface area (Å²) in [6, 6.07) is 17.6. The maximum atomic E-state index is 12.9. The second-order valence-electron chi connectivity index (χ2n) is 9.22. The molecular weight excluding hydrogens is 506 g/mol. The highest BCUT2D eigenvalue weighted by atomic mass is 32.2. The number of amides is 1. The maximum absolute atomic E-state index is 12.9. The molecule has 0 spiro atoms. The predicted molar refractivity (Wildman–Crippen MR) is 147 cm³/mol. The van der Waals surface area contributed by atoms with E-state index in [-0.39, 0.29) is 16.6 Å². The van der Waals surface area contributed by atoms with E-state index in [4.69, 9.17) is 4.42 Å². The lowest BCUT2D eigenvalue weighted by atomic mass is 10.1. The van der Waals surface area contributed by atoms with Crippen molar-refractivity contribution in [1.82, 2.24) is 4.72 Å². The van der Waals surface area contributed by atoms with E-state index in [1.807, 2.05) is 32.2 Å². The van der Waals surface area contributed by atoms with Gasteiger partial charge in [0, 0.05) is 29.4 Å². The Kier molecular flexibility index (Phi) is 7.56. The summed E-state index contributed by atoms with van der Waals surface area (Å²) >= 11 is 0. The first-order valence-electron chi connectivity index (χ1n) is 12.0. The lowest BCUT2D eigenvalue weighted by molar-refractivity contribution is -0.140. The number of hydrogen-bond donors (Lipinski definition) is 4. The van der Waals surface area contributed by atoms with Gasteiger partial charge in [0.25, 0.3) is 5.91 Å². The Hall–Kier alpha value is -4.15. The van der Waals surface area contributed by atoms with Crippen molar-refractivity contribution < 1.29 is 27.5 Å². The Labute approximate surface area is 220 Å². The lowest BCUT2D eigenvalue weighted by Gasteiger charge is -2.18. The Balaban J connectivity index is 1.48. The number of aliphatic carboxylic acids is 1. The van der Waals surface area contributed by atoms with Gasteiger partial charge in [-0.1, -0.05) is 44.2 Å². The van der Waals surface area contributed by atoms with Crippen molar-refractivity contribution in [2.24, 2.45) is 5.92 Å². The van der Waals surface area contributed by atoms with Crippen LogP contribution in [0.25, 0.3) is 22.1 Å². The fraction of sp³-hybridized carbons (Fsp3) is 0.214. The quantitative estimate of drug-likeness (QED) is 0.234. The predicted octanol–water partition coefficient (Wildman–Crippen LogP) is 5.09. The summed E-state index contributed by atoms with van der Waals surface area (Å²) < 4.78 is 33.4. The topological polar surface area (TPSA) is 138 Å². The van der Waals surface area contributed by atoms with Gasteiger partial charge in [0.2, 0.25) is 10.0 Å². The van der Waals surface area contributed by atoms with Crippen LogP contribution in [0, 0.1) is 12.8 Å². The summed E-state index contributed by atoms with van der Waals surface area (Å²) in [6.07, 6.45) is 0. The fourth-order valence-electron chi connectivity index (χ4n) is 4.20. The highest BCUT2D eigenvalue weighted by Gasteiger charge is 2.28. The van der Waals surface area contributed by atoms with Crippen molar-refractivity contribution >= 4 is 44.2 Å². The van der Waals surface area contributed by atoms with Crippen LogP contribution < -0.4 is 15.4 Å². The molecule has 3 aromatic carbocycles. The van der Waals surface area contributed by atoms with Crippen LogP contribution in [-0.2, 0) is 14.8 Å². The highest BCUT2D eigenvalue weighted by Crippen LogP contribution is 2.32. The fourth-order valence-corrected chi connectivity index (χ4v) is 5.53. The number of benzene rings is 3. The zero-order valence-corrected chi connectivity index (χ0v) is 22.2. The van der Waals surface area contributed by atoms with E-state index in [0.717, 1.165) is 27.8 Å². The Bertz CT molecular complexity index is 1590. The van der Waals surface area contributed by atoms with Crippen molar-refractivity contribution in [2.45, 2.75) is 31.7 Å². The largest absolute Gasteiger partial charge is 0.480 e. The van der Waals surface area contributed by atoms with Gasteiger partial charge in [-0.05, 0) is 60.4 Å². The molecule has 1 amide bonds. The molecule has 1 atom stereocenters. The van der Waals surface area contributed by atoms with Gasteiger partial charge in [-0.2, -0.15) is 4.72 Å². The normalized spacial score (nSPS) is 12.4. The number of carboxylic acids is 1. The van der Waals surface area contributed by atoms with E-state index < -0.39 is 28.0 Å². The third-order valence-electron chi connectivity index (χ3n) is 6.28. The monoisotopic (exact) mass is 535 g/mol. The molecule has 38 heavy (non-hydrogen) atoms. The van der Waals surface area contributed by atoms with Crippen LogP contribution >= 0.6 is 0 Å². The zero-order valence-electron chi connectivity index (χ0n) is 21.4. The van der Waals surface area contributed by atoms with Gasteiger partial charge in [-0.3, -0.25) is 9.59 Å². The molecule has 0 bridgehead atoms. The van der Waals surface area contributed by atoms with Crippen molar-refractivity contribution in [1.29, 1.82) is 0 Å². The van der Waals surface area contributed by atoms with Gasteiger partial charge in [-0.25, -0.2) is 8.42 Å². The Morgan fingerprint density at radius 3 is 2.08 bits per heavy atom. The molecule has 10 heteroatoms. The summed E-state index contributed by atoms with van der Waals surface area (Å²) in [5, 5.41) is 16.1. The molecule has 0 radical (unpaired) electrons. The number of aryl methyl sites for hydroxylation is 1. The van der Waals surface area contributed by atoms with Gasteiger partial charge in [0.05, 0.1) is 4.90 Å². The minimum atomic E-state index is -4.00. The number of carbonyl (C=O) groups is 2. The first-order valence-corrected chi connectivity index (χ1v) is 13.5. The number of furan rings is 1. The van der Waals surface area contributed by atoms with Gasteiger partial charge >= 0.3 is 5.97 Å². The van der Waals surface area contributed by atoms with E-state index >= 15 is 0 Å². The molecule has 0 aliphatic rings. The zero-order chi connectivity index (χ0) is 27.6. The first-order chi connectivity index (χ1) is 18.0. The SMILES string of the molecule is CNc1cccc2oc(C(=O)Nc3ccc(-c4ccc(S(=O)(=O)NC(C(=O)O)C(C)C)cc4)cc3)c(C)c12. The van der Waals surface area contributed by atoms with Crippen LogP contribution in [0.4, 0.5) is 11.4 Å². The van der Waals surface area contributed by atoms with Gasteiger partial charge in [-0.15, -0.1) is 0 Å². The number of anilines is 2. The van der Waals surface area contributed by atoms with E-state index in [2.05, 4.69) is 15.4 Å². The number of rotatable bonds is 9. The van der Waals surface area contributed by atoms with Crippen LogP contribution in [0.3, 0.4) is 0 Å². The average Bonchev–Trinajstić information content (AvgIpc) is 3.24. The molecule has 4 aromatic rings. The van der Waals surface area contributed by atoms with Crippen molar-refractivity contribution in [3.05, 3.63) is 78.1 Å². The number of carbonyl (C=O) groups excluding carboxylic acids is 1. The molecule has 0 aliphatic heterocycles. The molecule has 1 heterocycles. The Morgan fingerprint density at radius 1 is 0.921 bits per heavy atom. The summed E-state index contributed by atoms with van der Waals surface area (Å²) in [6.45, 7) is 5.11. The van der Waals surface area contributed by atoms with E-state index in [1.165, 1.54) is 12.1 Å². The minimum Gasteiger partial charge on any atom is -0.480 e. The van der Waals surface area contributed by atoms with E-state index in [0.29, 0.717) is 11.3 Å². The number of carboxylic acid groups (broad SMARTS) is 1. The van der Waals surface area contributed by atoms with Crippen LogP contribution in [0.5, 0.6) is 0 Å². The standard InChI is InChI=1S/C28H29N3O6S/c1-16(2)25(28(33)34)31-38(35,36)21-14-10-19(11-15-21)18-8-12-20(13-9-18)30-27(32)26-17(3)24-22(29-4)6-5-7-23(24)37-26/h5-16,25,29,31H,1-4H3,(H,30,32)(H,33,34). The van der Waals surface area contributed by atoms with Crippen LogP contribution in [0.1, 0.15) is 30.0 Å². The molecule has 0 saturated heterocycles. The molecule has 9 nitrogen and oxygen atoms in total. The van der Waals surface area contributed by atoms with Gasteiger partial charge in [0.1, 0.15) is 11.6 Å². The van der Waals surface area contributed by atoms with Crippen molar-refractivity contribution in [3.8, 4) is 11.1 Å². The lowest BCUT2D eigenvalue weighted by Crippen LogP contribution is -2.44. The second-order valence-corrected chi connectivity index (χ2v) is 10.9. The molecule has 4 N–H and O–H groups in total. The molecular formula is C28H29N3O6S. The smallest absolute Gasteiger partial charge is 0.322 e. The van der Waals surface area contributed by atoms with Crippen molar-refractivity contribution in [2.75, 3.05) is 17.7 Å². The summed E-state index contributed by atoms with van der Waals surface area (Å²) in [5.74, 6) is -1.77. The molecule has 0 saturated carbocycles. The van der Waals surface area contributed by atoms with Crippen LogP contribution in [-0.4, -0.2) is 38.5 Å². The number of nitrogens with one attached hydrogen (secondary N) is 3. The molecule has 1 unspecified atom stereocenters. The summed E-state index contributed by atoms with van der Waals surface area (Å²) in [5.41, 5.74) is 4.38. The third-order valence-corrected chi connectivity index (χ3v) is 7.74. The molecule has 4 rings (SSSR count). The number of sulfonamides is 1. The second kappa shape index (κ2) is 10.7. The van der Waals surface area contributed by atoms with E-state index in [9.17, 15) is 23.1 Å². The summed E-state index contributed by atoms with van der Waals surface area (Å²) in [7, 11) is -2.19. The first kappa shape index (κ1) is 26.9. The molecule has 0 fully saturated rings. The summed E-state index contributed by atoms with van der Waals surface area (Å²) in [4.78, 5) is 24.3. The van der Waals surface area contributed by atoms with Crippen LogP contribution in [0.15, 0.2) is 76.0 Å². The van der Waals surface area contributed by atoms with E-state index in [1.54, 1.807) is 50.2 Å². The molecule has 1 aromatic heterocycles. The Morgan fingerprint density at radius 2 is 1.53 bits per heavy atom. The average molecular weight is 536 g/mol. The molecule has 198 valence electrons. The highest BCUT2D eigenvalue weighted by molar-refractivity contribution is 7.89. The number of fused-ring (bicyclic) bond motifs is 1. The molecule has 0 aliphatic carbocycles. The van der Waals surface area contributed by atoms with Crippen LogP contribution in [0.2, 0.25) is 0 Å². The number of hydrogen-bond acceptors (Lipinski definition) is 6. The van der Waals surface area contributed by atoms with Crippen molar-refractivity contribution in [3.63, 3.8) is 0 Å². The van der Waals surface area contributed by atoms with Gasteiger partial charge < -0.3 is 20.2 Å². The minimum absolute atomic E-state index is 0.0281. The third kappa shape index (κ3) is 5.41.